The fourth-order valence-corrected chi connectivity index (χ4v) is 1.72. The second kappa shape index (κ2) is 5.55. The number of phenols is 1. The second-order valence-electron chi connectivity index (χ2n) is 4.14. The molecule has 0 spiro atoms. The second-order valence-corrected chi connectivity index (χ2v) is 4.14. The molecule has 1 aromatic heterocycles. The number of methoxy groups -OCH3 is 1. The Bertz CT molecular complexity index is 497. The van der Waals surface area contributed by atoms with Crippen LogP contribution in [0.2, 0.25) is 0 Å². The number of aromatic nitrogens is 2. The molecule has 0 aliphatic carbocycles. The third kappa shape index (κ3) is 2.81. The third-order valence-corrected chi connectivity index (χ3v) is 2.88. The normalized spacial score (nSPS) is 12.3. The molecule has 2 rings (SSSR count). The minimum Gasteiger partial charge on any atom is -0.504 e. The van der Waals surface area contributed by atoms with Gasteiger partial charge in [0.2, 0.25) is 0 Å². The summed E-state index contributed by atoms with van der Waals surface area (Å²) in [5.74, 6) is 0.648. The minimum absolute atomic E-state index is 0.157. The Hall–Kier alpha value is -2.01. The van der Waals surface area contributed by atoms with Gasteiger partial charge in [0.05, 0.1) is 13.3 Å². The van der Waals surface area contributed by atoms with Gasteiger partial charge in [-0.3, -0.25) is 5.10 Å². The SMILES string of the molecule is COc1cc(CNC(C)c2cn[nH]c2)ccc1O. The summed E-state index contributed by atoms with van der Waals surface area (Å²) < 4.78 is 5.07. The lowest BCUT2D eigenvalue weighted by atomic mass is 10.1. The first kappa shape index (κ1) is 12.4. The average molecular weight is 247 g/mol. The predicted octanol–water partition coefficient (Wildman–Crippen LogP) is 1.97. The van der Waals surface area contributed by atoms with Crippen LogP contribution < -0.4 is 10.1 Å². The molecular weight excluding hydrogens is 230 g/mol. The monoisotopic (exact) mass is 247 g/mol. The summed E-state index contributed by atoms with van der Waals surface area (Å²) in [5.41, 5.74) is 2.17. The molecule has 2 aromatic rings. The van der Waals surface area contributed by atoms with Crippen LogP contribution in [0.15, 0.2) is 30.6 Å². The summed E-state index contributed by atoms with van der Waals surface area (Å²) in [4.78, 5) is 0. The number of aromatic amines is 1. The van der Waals surface area contributed by atoms with E-state index in [2.05, 4.69) is 22.4 Å². The van der Waals surface area contributed by atoms with E-state index in [0.29, 0.717) is 12.3 Å². The molecule has 18 heavy (non-hydrogen) atoms. The highest BCUT2D eigenvalue weighted by Crippen LogP contribution is 2.26. The number of nitrogens with one attached hydrogen (secondary N) is 2. The lowest BCUT2D eigenvalue weighted by Crippen LogP contribution is -2.17. The van der Waals surface area contributed by atoms with Crippen LogP contribution in [-0.2, 0) is 6.54 Å². The number of hydrogen-bond donors (Lipinski definition) is 3. The van der Waals surface area contributed by atoms with E-state index in [-0.39, 0.29) is 11.8 Å². The molecule has 5 nitrogen and oxygen atoms in total. The zero-order chi connectivity index (χ0) is 13.0. The maximum Gasteiger partial charge on any atom is 0.160 e. The number of rotatable bonds is 5. The van der Waals surface area contributed by atoms with Gasteiger partial charge in [-0.2, -0.15) is 5.10 Å². The van der Waals surface area contributed by atoms with E-state index in [4.69, 9.17) is 4.74 Å². The molecule has 0 saturated carbocycles. The van der Waals surface area contributed by atoms with Crippen LogP contribution in [0.3, 0.4) is 0 Å². The van der Waals surface area contributed by atoms with Crippen molar-refractivity contribution in [3.05, 3.63) is 41.7 Å². The standard InChI is InChI=1S/C13H17N3O2/c1-9(11-7-15-16-8-11)14-6-10-3-4-12(17)13(5-10)18-2/h3-5,7-9,14,17H,6H2,1-2H3,(H,15,16). The number of hydrogen-bond acceptors (Lipinski definition) is 4. The van der Waals surface area contributed by atoms with Crippen molar-refractivity contribution >= 4 is 0 Å². The van der Waals surface area contributed by atoms with Gasteiger partial charge in [0.15, 0.2) is 11.5 Å². The molecule has 1 aromatic carbocycles. The summed E-state index contributed by atoms with van der Waals surface area (Å²) in [6.07, 6.45) is 3.67. The highest BCUT2D eigenvalue weighted by Gasteiger charge is 2.07. The zero-order valence-electron chi connectivity index (χ0n) is 10.5. The first-order valence-electron chi connectivity index (χ1n) is 5.78. The van der Waals surface area contributed by atoms with Gasteiger partial charge in [-0.05, 0) is 24.6 Å². The molecule has 0 radical (unpaired) electrons. The highest BCUT2D eigenvalue weighted by molar-refractivity contribution is 5.41. The molecule has 3 N–H and O–H groups in total. The number of benzene rings is 1. The number of phenolic OH excluding ortho intramolecular Hbond substituents is 1. The largest absolute Gasteiger partial charge is 0.504 e. The topological polar surface area (TPSA) is 70.2 Å². The third-order valence-electron chi connectivity index (χ3n) is 2.88. The van der Waals surface area contributed by atoms with Crippen molar-refractivity contribution in [1.82, 2.24) is 15.5 Å². The molecule has 1 heterocycles. The molecule has 0 saturated heterocycles. The van der Waals surface area contributed by atoms with Crippen LogP contribution in [0.4, 0.5) is 0 Å². The van der Waals surface area contributed by atoms with Crippen LogP contribution >= 0.6 is 0 Å². The van der Waals surface area contributed by atoms with Crippen LogP contribution in [0.5, 0.6) is 11.5 Å². The van der Waals surface area contributed by atoms with Crippen molar-refractivity contribution in [3.63, 3.8) is 0 Å². The van der Waals surface area contributed by atoms with E-state index in [1.165, 1.54) is 0 Å². The molecule has 0 aliphatic rings. The molecule has 1 atom stereocenters. The van der Waals surface area contributed by atoms with Crippen LogP contribution in [0.1, 0.15) is 24.1 Å². The molecule has 0 aliphatic heterocycles. The van der Waals surface area contributed by atoms with E-state index in [0.717, 1.165) is 11.1 Å². The quantitative estimate of drug-likeness (QED) is 0.755. The Morgan fingerprint density at radius 1 is 1.50 bits per heavy atom. The van der Waals surface area contributed by atoms with Crippen molar-refractivity contribution in [1.29, 1.82) is 0 Å². The maximum atomic E-state index is 9.50. The summed E-state index contributed by atoms with van der Waals surface area (Å²) in [6.45, 7) is 2.77. The number of nitrogens with zero attached hydrogens (tertiary/aromatic N) is 1. The predicted molar refractivity (Wildman–Crippen MR) is 68.5 cm³/mol. The summed E-state index contributed by atoms with van der Waals surface area (Å²) >= 11 is 0. The van der Waals surface area contributed by atoms with E-state index in [1.807, 2.05) is 18.3 Å². The number of ether oxygens (including phenoxy) is 1. The van der Waals surface area contributed by atoms with E-state index in [1.54, 1.807) is 19.4 Å². The van der Waals surface area contributed by atoms with Gasteiger partial charge >= 0.3 is 0 Å². The van der Waals surface area contributed by atoms with E-state index in [9.17, 15) is 5.11 Å². The first-order chi connectivity index (χ1) is 8.70. The van der Waals surface area contributed by atoms with Crippen LogP contribution in [0.25, 0.3) is 0 Å². The summed E-state index contributed by atoms with van der Waals surface area (Å²) in [7, 11) is 1.54. The lowest BCUT2D eigenvalue weighted by Gasteiger charge is -2.12. The fraction of sp³-hybridized carbons (Fsp3) is 0.308. The highest BCUT2D eigenvalue weighted by atomic mass is 16.5. The van der Waals surface area contributed by atoms with Gasteiger partial charge in [-0.15, -0.1) is 0 Å². The molecule has 5 heteroatoms. The van der Waals surface area contributed by atoms with Crippen LogP contribution in [-0.4, -0.2) is 22.4 Å². The average Bonchev–Trinajstić information content (AvgIpc) is 2.91. The molecule has 96 valence electrons. The fourth-order valence-electron chi connectivity index (χ4n) is 1.72. The van der Waals surface area contributed by atoms with Gasteiger partial charge in [-0.25, -0.2) is 0 Å². The lowest BCUT2D eigenvalue weighted by molar-refractivity contribution is 0.372. The molecule has 0 fully saturated rings. The van der Waals surface area contributed by atoms with E-state index < -0.39 is 0 Å². The Kier molecular flexibility index (Phi) is 3.84. The smallest absolute Gasteiger partial charge is 0.160 e. The summed E-state index contributed by atoms with van der Waals surface area (Å²) in [5, 5.41) is 19.6. The Morgan fingerprint density at radius 2 is 2.33 bits per heavy atom. The van der Waals surface area contributed by atoms with Crippen molar-refractivity contribution < 1.29 is 9.84 Å². The molecule has 0 amide bonds. The van der Waals surface area contributed by atoms with Gasteiger partial charge in [-0.1, -0.05) is 6.07 Å². The Labute approximate surface area is 106 Å². The Morgan fingerprint density at radius 3 is 3.00 bits per heavy atom. The summed E-state index contributed by atoms with van der Waals surface area (Å²) in [6, 6.07) is 5.54. The number of H-pyrrole nitrogens is 1. The van der Waals surface area contributed by atoms with Gasteiger partial charge < -0.3 is 15.2 Å². The molecular formula is C13H17N3O2. The van der Waals surface area contributed by atoms with Gasteiger partial charge in [0.25, 0.3) is 0 Å². The maximum absolute atomic E-state index is 9.50. The molecule has 1 unspecified atom stereocenters. The van der Waals surface area contributed by atoms with Crippen molar-refractivity contribution in [2.75, 3.05) is 7.11 Å². The van der Waals surface area contributed by atoms with Gasteiger partial charge in [0, 0.05) is 24.3 Å². The van der Waals surface area contributed by atoms with Gasteiger partial charge in [0.1, 0.15) is 0 Å². The Balaban J connectivity index is 1.98. The number of aromatic hydroxyl groups is 1. The van der Waals surface area contributed by atoms with Crippen molar-refractivity contribution in [3.8, 4) is 11.5 Å². The van der Waals surface area contributed by atoms with E-state index >= 15 is 0 Å². The van der Waals surface area contributed by atoms with Crippen molar-refractivity contribution in [2.45, 2.75) is 19.5 Å². The zero-order valence-corrected chi connectivity index (χ0v) is 10.5. The minimum atomic E-state index is 0.157. The first-order valence-corrected chi connectivity index (χ1v) is 5.78. The van der Waals surface area contributed by atoms with Crippen LogP contribution in [0, 0.1) is 0 Å². The molecule has 0 bridgehead atoms. The van der Waals surface area contributed by atoms with Crippen molar-refractivity contribution in [2.24, 2.45) is 0 Å².